The molecule has 0 radical (unpaired) electrons. The van der Waals surface area contributed by atoms with E-state index >= 15 is 0 Å². The van der Waals surface area contributed by atoms with Crippen LogP contribution in [0.25, 0.3) is 11.2 Å². The highest BCUT2D eigenvalue weighted by Gasteiger charge is 2.15. The number of nitrogens with one attached hydrogen (secondary N) is 2. The summed E-state index contributed by atoms with van der Waals surface area (Å²) < 4.78 is 0. The number of hydrogen-bond donors (Lipinski definition) is 2. The summed E-state index contributed by atoms with van der Waals surface area (Å²) >= 11 is 0. The van der Waals surface area contributed by atoms with Gasteiger partial charge in [-0.3, -0.25) is 0 Å². The molecule has 0 saturated heterocycles. The number of rotatable bonds is 12. The Bertz CT molecular complexity index is 745. The molecular formula is C20H36N8. The molecule has 0 atom stereocenters. The summed E-state index contributed by atoms with van der Waals surface area (Å²) in [5.74, 6) is 1.36. The van der Waals surface area contributed by atoms with Crippen LogP contribution in [0.5, 0.6) is 0 Å². The minimum atomic E-state index is 0.599. The molecule has 2 aromatic rings. The van der Waals surface area contributed by atoms with Gasteiger partial charge in [-0.05, 0) is 41.0 Å². The van der Waals surface area contributed by atoms with Crippen LogP contribution >= 0.6 is 0 Å². The van der Waals surface area contributed by atoms with Gasteiger partial charge in [0.1, 0.15) is 0 Å². The van der Waals surface area contributed by atoms with E-state index in [2.05, 4.69) is 67.5 Å². The van der Waals surface area contributed by atoms with Crippen molar-refractivity contribution in [1.82, 2.24) is 29.7 Å². The molecule has 2 N–H and O–H groups in total. The largest absolute Gasteiger partial charge is 0.367 e. The molecule has 0 bridgehead atoms. The van der Waals surface area contributed by atoms with E-state index in [1.807, 2.05) is 0 Å². The molecule has 0 aliphatic carbocycles. The summed E-state index contributed by atoms with van der Waals surface area (Å²) in [7, 11) is 8.22. The van der Waals surface area contributed by atoms with Crippen LogP contribution in [0.15, 0.2) is 0 Å². The van der Waals surface area contributed by atoms with Crippen LogP contribution in [0.1, 0.15) is 38.1 Å². The van der Waals surface area contributed by atoms with Gasteiger partial charge in [0, 0.05) is 26.2 Å². The van der Waals surface area contributed by atoms with Crippen LogP contribution < -0.4 is 10.6 Å². The lowest BCUT2D eigenvalue weighted by Crippen LogP contribution is -2.23. The van der Waals surface area contributed by atoms with Crippen molar-refractivity contribution in [3.8, 4) is 0 Å². The highest BCUT2D eigenvalue weighted by molar-refractivity contribution is 5.83. The van der Waals surface area contributed by atoms with E-state index in [1.54, 1.807) is 0 Å². The standard InChI is InChI=1S/C20H36N8/c1-7-9-15-16(10-8-2)24-19-17(23-15)18(21-11-13-27(3)4)25-20(26-19)22-12-14-28(5)6/h7-14H2,1-6H3,(H2,21,22,24,25,26). The van der Waals surface area contributed by atoms with Crippen LogP contribution in [0.3, 0.4) is 0 Å². The SMILES string of the molecule is CCCc1nc2nc(NCCN(C)C)nc(NCCN(C)C)c2nc1CCC. The summed E-state index contributed by atoms with van der Waals surface area (Å²) in [6, 6.07) is 0. The smallest absolute Gasteiger partial charge is 0.226 e. The van der Waals surface area contributed by atoms with E-state index in [4.69, 9.17) is 15.0 Å². The highest BCUT2D eigenvalue weighted by Crippen LogP contribution is 2.22. The molecule has 0 aliphatic heterocycles. The van der Waals surface area contributed by atoms with Crippen LogP contribution in [-0.2, 0) is 12.8 Å². The second kappa shape index (κ2) is 11.1. The van der Waals surface area contributed by atoms with Crippen molar-refractivity contribution in [3.63, 3.8) is 0 Å². The Morgan fingerprint density at radius 2 is 1.29 bits per heavy atom. The molecule has 156 valence electrons. The Morgan fingerprint density at radius 1 is 0.714 bits per heavy atom. The molecule has 0 saturated carbocycles. The third-order valence-corrected chi connectivity index (χ3v) is 4.35. The van der Waals surface area contributed by atoms with Crippen LogP contribution in [0, 0.1) is 0 Å². The minimum Gasteiger partial charge on any atom is -0.367 e. The lowest BCUT2D eigenvalue weighted by molar-refractivity contribution is 0.424. The van der Waals surface area contributed by atoms with Crippen molar-refractivity contribution in [2.24, 2.45) is 0 Å². The first-order chi connectivity index (χ1) is 13.4. The molecule has 0 unspecified atom stereocenters. The maximum Gasteiger partial charge on any atom is 0.226 e. The number of hydrogen-bond acceptors (Lipinski definition) is 8. The Morgan fingerprint density at radius 3 is 1.86 bits per heavy atom. The van der Waals surface area contributed by atoms with Crippen molar-refractivity contribution >= 4 is 22.9 Å². The number of fused-ring (bicyclic) bond motifs is 1. The van der Waals surface area contributed by atoms with Gasteiger partial charge in [-0.25, -0.2) is 9.97 Å². The first-order valence-electron chi connectivity index (χ1n) is 10.3. The molecule has 8 nitrogen and oxygen atoms in total. The molecular weight excluding hydrogens is 352 g/mol. The number of likely N-dealkylation sites (N-methyl/N-ethyl adjacent to an activating group) is 2. The van der Waals surface area contributed by atoms with Gasteiger partial charge >= 0.3 is 0 Å². The molecule has 0 amide bonds. The normalized spacial score (nSPS) is 11.6. The summed E-state index contributed by atoms with van der Waals surface area (Å²) in [6.45, 7) is 7.73. The zero-order valence-corrected chi connectivity index (χ0v) is 18.3. The van der Waals surface area contributed by atoms with E-state index in [0.717, 1.165) is 74.6 Å². The second-order valence-corrected chi connectivity index (χ2v) is 7.65. The van der Waals surface area contributed by atoms with E-state index in [0.29, 0.717) is 11.6 Å². The summed E-state index contributed by atoms with van der Waals surface area (Å²) in [6.07, 6.45) is 3.95. The monoisotopic (exact) mass is 388 g/mol. The van der Waals surface area contributed by atoms with Crippen molar-refractivity contribution in [3.05, 3.63) is 11.4 Å². The minimum absolute atomic E-state index is 0.599. The van der Waals surface area contributed by atoms with Crippen LogP contribution in [-0.4, -0.2) is 84.1 Å². The predicted molar refractivity (Wildman–Crippen MR) is 117 cm³/mol. The lowest BCUT2D eigenvalue weighted by atomic mass is 10.1. The number of anilines is 2. The van der Waals surface area contributed by atoms with Crippen molar-refractivity contribution in [2.45, 2.75) is 39.5 Å². The second-order valence-electron chi connectivity index (χ2n) is 7.65. The molecule has 0 fully saturated rings. The maximum absolute atomic E-state index is 4.93. The number of aryl methyl sites for hydroxylation is 2. The molecule has 8 heteroatoms. The van der Waals surface area contributed by atoms with Crippen molar-refractivity contribution < 1.29 is 0 Å². The van der Waals surface area contributed by atoms with Gasteiger partial charge in [0.2, 0.25) is 5.95 Å². The lowest BCUT2D eigenvalue weighted by Gasteiger charge is -2.15. The predicted octanol–water partition coefficient (Wildman–Crippen LogP) is 2.27. The maximum atomic E-state index is 4.93. The van der Waals surface area contributed by atoms with Gasteiger partial charge < -0.3 is 20.4 Å². The van der Waals surface area contributed by atoms with Gasteiger partial charge in [-0.15, -0.1) is 0 Å². The summed E-state index contributed by atoms with van der Waals surface area (Å²) in [5.41, 5.74) is 3.57. The first-order valence-corrected chi connectivity index (χ1v) is 10.3. The Balaban J connectivity index is 2.41. The number of aromatic nitrogens is 4. The summed E-state index contributed by atoms with van der Waals surface area (Å²) in [4.78, 5) is 23.4. The highest BCUT2D eigenvalue weighted by atomic mass is 15.2. The molecule has 2 rings (SSSR count). The molecule has 2 heterocycles. The molecule has 28 heavy (non-hydrogen) atoms. The molecule has 2 aromatic heterocycles. The Kier molecular flexibility index (Phi) is 8.79. The fourth-order valence-electron chi connectivity index (χ4n) is 2.88. The topological polar surface area (TPSA) is 82.1 Å². The molecule has 0 aromatic carbocycles. The third-order valence-electron chi connectivity index (χ3n) is 4.35. The van der Waals surface area contributed by atoms with Crippen LogP contribution in [0.2, 0.25) is 0 Å². The van der Waals surface area contributed by atoms with Gasteiger partial charge in [0.25, 0.3) is 0 Å². The fourth-order valence-corrected chi connectivity index (χ4v) is 2.88. The average Bonchev–Trinajstić information content (AvgIpc) is 2.62. The Labute approximate surface area is 169 Å². The van der Waals surface area contributed by atoms with Gasteiger partial charge in [0.15, 0.2) is 17.0 Å². The fraction of sp³-hybridized carbons (Fsp3) is 0.700. The van der Waals surface area contributed by atoms with Gasteiger partial charge in [0.05, 0.1) is 11.4 Å². The van der Waals surface area contributed by atoms with E-state index in [1.165, 1.54) is 0 Å². The zero-order valence-electron chi connectivity index (χ0n) is 18.3. The van der Waals surface area contributed by atoms with E-state index in [-0.39, 0.29) is 0 Å². The van der Waals surface area contributed by atoms with E-state index in [9.17, 15) is 0 Å². The first kappa shape index (κ1) is 22.2. The van der Waals surface area contributed by atoms with Crippen LogP contribution in [0.4, 0.5) is 11.8 Å². The summed E-state index contributed by atoms with van der Waals surface area (Å²) in [5, 5.41) is 6.75. The molecule has 0 aliphatic rings. The molecule has 0 spiro atoms. The third kappa shape index (κ3) is 6.53. The number of nitrogens with zero attached hydrogens (tertiary/aromatic N) is 6. The average molecular weight is 389 g/mol. The van der Waals surface area contributed by atoms with E-state index < -0.39 is 0 Å². The Hall–Kier alpha value is -2.06. The zero-order chi connectivity index (χ0) is 20.5. The van der Waals surface area contributed by atoms with Gasteiger partial charge in [-0.1, -0.05) is 26.7 Å². The van der Waals surface area contributed by atoms with Crippen molar-refractivity contribution in [1.29, 1.82) is 0 Å². The van der Waals surface area contributed by atoms with Gasteiger partial charge in [-0.2, -0.15) is 9.97 Å². The quantitative estimate of drug-likeness (QED) is 0.573. The van der Waals surface area contributed by atoms with Crippen molar-refractivity contribution in [2.75, 3.05) is 65.0 Å².